The van der Waals surface area contributed by atoms with Gasteiger partial charge in [-0.15, -0.1) is 0 Å². The van der Waals surface area contributed by atoms with Crippen LogP contribution in [0.25, 0.3) is 0 Å². The van der Waals surface area contributed by atoms with Crippen molar-refractivity contribution in [2.75, 3.05) is 0 Å². The summed E-state index contributed by atoms with van der Waals surface area (Å²) < 4.78 is 4.87. The Balaban J connectivity index is 3.16. The molecule has 0 aliphatic carbocycles. The molecule has 1 rings (SSSR count). The lowest BCUT2D eigenvalue weighted by molar-refractivity contribution is 0.0696. The predicted molar refractivity (Wildman–Crippen MR) is 59.0 cm³/mol. The molecule has 17 heavy (non-hydrogen) atoms. The number of carboxylic acids is 2. The molecule has 1 aromatic rings. The molecule has 0 spiro atoms. The molecule has 2 N–H and O–H groups in total. The summed E-state index contributed by atoms with van der Waals surface area (Å²) in [5.74, 6) is -0.0388. The van der Waals surface area contributed by atoms with E-state index in [1.165, 1.54) is 18.2 Å². The van der Waals surface area contributed by atoms with E-state index in [9.17, 15) is 9.59 Å². The van der Waals surface area contributed by atoms with Gasteiger partial charge in [-0.2, -0.15) is 0 Å². The Hall–Kier alpha value is -2.74. The largest absolute Gasteiger partial charge is 0.478 e. The molecule has 5 heteroatoms. The van der Waals surface area contributed by atoms with Crippen LogP contribution in [0.15, 0.2) is 30.9 Å². The molecule has 0 atom stereocenters. The maximum Gasteiger partial charge on any atom is 0.335 e. The minimum Gasteiger partial charge on any atom is -0.478 e. The SMILES string of the molecule is C=CC#COc1cc(C(=O)O)cc(C(=O)O)c1. The molecule has 0 aromatic heterocycles. The maximum absolute atomic E-state index is 10.8. The fraction of sp³-hybridized carbons (Fsp3) is 0. The Bertz CT molecular complexity index is 501. The third-order valence-electron chi connectivity index (χ3n) is 1.73. The van der Waals surface area contributed by atoms with Gasteiger partial charge in [-0.1, -0.05) is 6.58 Å². The van der Waals surface area contributed by atoms with Crippen LogP contribution in [-0.4, -0.2) is 22.2 Å². The molecule has 1 aromatic carbocycles. The Morgan fingerprint density at radius 1 is 1.18 bits per heavy atom. The van der Waals surface area contributed by atoms with E-state index < -0.39 is 11.9 Å². The average Bonchev–Trinajstić information content (AvgIpc) is 2.29. The number of carbonyl (C=O) groups is 2. The first-order valence-electron chi connectivity index (χ1n) is 4.44. The molecule has 5 nitrogen and oxygen atoms in total. The molecule has 0 fully saturated rings. The number of carboxylic acid groups (broad SMARTS) is 2. The highest BCUT2D eigenvalue weighted by Crippen LogP contribution is 2.17. The molecule has 0 saturated heterocycles. The zero-order valence-corrected chi connectivity index (χ0v) is 8.64. The third kappa shape index (κ3) is 3.39. The summed E-state index contributed by atoms with van der Waals surface area (Å²) in [5, 5.41) is 17.6. The predicted octanol–water partition coefficient (Wildman–Crippen LogP) is 1.61. The van der Waals surface area contributed by atoms with E-state index in [0.717, 1.165) is 6.07 Å². The number of aromatic carboxylic acids is 2. The van der Waals surface area contributed by atoms with Crippen LogP contribution in [0.5, 0.6) is 5.75 Å². The Labute approximate surface area is 97.0 Å². The molecule has 86 valence electrons. The first-order chi connectivity index (χ1) is 8.04. The standard InChI is InChI=1S/C12H8O5/c1-2-3-4-17-10-6-8(11(13)14)5-9(7-10)12(15)16/h2,5-7H,1H2,(H,13,14)(H,15,16). The van der Waals surface area contributed by atoms with E-state index in [2.05, 4.69) is 18.6 Å². The topological polar surface area (TPSA) is 83.8 Å². The summed E-state index contributed by atoms with van der Waals surface area (Å²) in [4.78, 5) is 21.5. The molecule has 0 aliphatic rings. The summed E-state index contributed by atoms with van der Waals surface area (Å²) in [6.45, 7) is 3.34. The number of rotatable bonds is 3. The second-order valence-electron chi connectivity index (χ2n) is 2.91. The van der Waals surface area contributed by atoms with Gasteiger partial charge in [-0.05, 0) is 30.2 Å². The van der Waals surface area contributed by atoms with Crippen molar-refractivity contribution in [1.82, 2.24) is 0 Å². The Morgan fingerprint density at radius 3 is 2.12 bits per heavy atom. The van der Waals surface area contributed by atoms with Crippen molar-refractivity contribution in [3.8, 4) is 17.8 Å². The molecule has 0 aliphatic heterocycles. The number of benzene rings is 1. The van der Waals surface area contributed by atoms with E-state index in [1.807, 2.05) is 0 Å². The second kappa shape index (κ2) is 5.37. The minimum atomic E-state index is -1.24. The Kier molecular flexibility index (Phi) is 3.90. The molecular weight excluding hydrogens is 224 g/mol. The van der Waals surface area contributed by atoms with Gasteiger partial charge in [0.1, 0.15) is 11.9 Å². The van der Waals surface area contributed by atoms with Crippen LogP contribution < -0.4 is 4.74 Å². The van der Waals surface area contributed by atoms with Crippen LogP contribution in [0.3, 0.4) is 0 Å². The average molecular weight is 232 g/mol. The van der Waals surface area contributed by atoms with E-state index >= 15 is 0 Å². The fourth-order valence-corrected chi connectivity index (χ4v) is 1.03. The summed E-state index contributed by atoms with van der Waals surface area (Å²) in [6, 6.07) is 3.41. The van der Waals surface area contributed by atoms with Gasteiger partial charge in [0.05, 0.1) is 11.1 Å². The number of hydrogen-bond acceptors (Lipinski definition) is 3. The molecule has 0 amide bonds. The van der Waals surface area contributed by atoms with E-state index in [0.29, 0.717) is 0 Å². The number of hydrogen-bond donors (Lipinski definition) is 2. The smallest absolute Gasteiger partial charge is 0.335 e. The summed E-state index contributed by atoms with van der Waals surface area (Å²) >= 11 is 0. The molecule has 0 unspecified atom stereocenters. The summed E-state index contributed by atoms with van der Waals surface area (Å²) in [6.07, 6.45) is 3.52. The van der Waals surface area contributed by atoms with Gasteiger partial charge in [-0.3, -0.25) is 0 Å². The zero-order valence-electron chi connectivity index (χ0n) is 8.64. The van der Waals surface area contributed by atoms with E-state index in [4.69, 9.17) is 14.9 Å². The van der Waals surface area contributed by atoms with Crippen LogP contribution >= 0.6 is 0 Å². The molecule has 0 bridgehead atoms. The van der Waals surface area contributed by atoms with Gasteiger partial charge in [0.2, 0.25) is 0 Å². The van der Waals surface area contributed by atoms with E-state index in [-0.39, 0.29) is 16.9 Å². The summed E-state index contributed by atoms with van der Waals surface area (Å²) in [7, 11) is 0. The van der Waals surface area contributed by atoms with Gasteiger partial charge in [-0.25, -0.2) is 9.59 Å². The van der Waals surface area contributed by atoms with Gasteiger partial charge in [0.25, 0.3) is 0 Å². The van der Waals surface area contributed by atoms with Crippen molar-refractivity contribution in [1.29, 1.82) is 0 Å². The number of ether oxygens (including phenoxy) is 1. The highest BCUT2D eigenvalue weighted by molar-refractivity contribution is 5.94. The van der Waals surface area contributed by atoms with Crippen molar-refractivity contribution in [2.24, 2.45) is 0 Å². The first kappa shape index (κ1) is 12.3. The molecule has 0 heterocycles. The molecule has 0 saturated carbocycles. The van der Waals surface area contributed by atoms with Crippen LogP contribution in [0, 0.1) is 12.0 Å². The fourth-order valence-electron chi connectivity index (χ4n) is 1.03. The van der Waals surface area contributed by atoms with Crippen molar-refractivity contribution in [3.05, 3.63) is 42.0 Å². The van der Waals surface area contributed by atoms with Crippen molar-refractivity contribution < 1.29 is 24.5 Å². The zero-order chi connectivity index (χ0) is 12.8. The van der Waals surface area contributed by atoms with Gasteiger partial charge < -0.3 is 14.9 Å². The van der Waals surface area contributed by atoms with Crippen LogP contribution in [0.2, 0.25) is 0 Å². The van der Waals surface area contributed by atoms with Gasteiger partial charge in [0, 0.05) is 0 Å². The first-order valence-corrected chi connectivity index (χ1v) is 4.44. The quantitative estimate of drug-likeness (QED) is 0.773. The summed E-state index contributed by atoms with van der Waals surface area (Å²) in [5.41, 5.74) is -0.361. The van der Waals surface area contributed by atoms with Crippen LogP contribution in [0.4, 0.5) is 0 Å². The monoisotopic (exact) mass is 232 g/mol. The highest BCUT2D eigenvalue weighted by Gasteiger charge is 2.11. The van der Waals surface area contributed by atoms with Crippen LogP contribution in [-0.2, 0) is 0 Å². The molecule has 0 radical (unpaired) electrons. The number of allylic oxidation sites excluding steroid dienone is 1. The normalized spacial score (nSPS) is 8.71. The minimum absolute atomic E-state index is 0.0525. The lowest BCUT2D eigenvalue weighted by Crippen LogP contribution is -2.03. The van der Waals surface area contributed by atoms with Gasteiger partial charge in [0.15, 0.2) is 0 Å². The van der Waals surface area contributed by atoms with E-state index in [1.54, 1.807) is 0 Å². The lowest BCUT2D eigenvalue weighted by atomic mass is 10.1. The Morgan fingerprint density at radius 2 is 1.71 bits per heavy atom. The second-order valence-corrected chi connectivity index (χ2v) is 2.91. The highest BCUT2D eigenvalue weighted by atomic mass is 16.5. The lowest BCUT2D eigenvalue weighted by Gasteiger charge is -2.02. The third-order valence-corrected chi connectivity index (χ3v) is 1.73. The molecular formula is C12H8O5. The van der Waals surface area contributed by atoms with Crippen LogP contribution in [0.1, 0.15) is 20.7 Å². The van der Waals surface area contributed by atoms with Gasteiger partial charge >= 0.3 is 11.9 Å². The van der Waals surface area contributed by atoms with Crippen molar-refractivity contribution >= 4 is 11.9 Å². The van der Waals surface area contributed by atoms with Crippen molar-refractivity contribution in [2.45, 2.75) is 0 Å². The maximum atomic E-state index is 10.8. The van der Waals surface area contributed by atoms with Crippen molar-refractivity contribution in [3.63, 3.8) is 0 Å².